The number of aromatic nitrogens is 1. The van der Waals surface area contributed by atoms with E-state index in [1.54, 1.807) is 0 Å². The summed E-state index contributed by atoms with van der Waals surface area (Å²) in [5, 5.41) is 13.7. The molecule has 0 saturated heterocycles. The molecule has 0 aromatic carbocycles. The van der Waals surface area contributed by atoms with Gasteiger partial charge in [-0.1, -0.05) is 0 Å². The minimum Gasteiger partial charge on any atom is -0.476 e. The number of carboxylic acids is 1. The summed E-state index contributed by atoms with van der Waals surface area (Å²) in [5.41, 5.74) is -0.190. The van der Waals surface area contributed by atoms with Crippen molar-refractivity contribution in [2.45, 2.75) is 12.7 Å². The van der Waals surface area contributed by atoms with Crippen LogP contribution in [0.25, 0.3) is 0 Å². The second-order valence-electron chi connectivity index (χ2n) is 3.39. The highest BCUT2D eigenvalue weighted by Crippen LogP contribution is 2.13. The van der Waals surface area contributed by atoms with Crippen molar-refractivity contribution in [1.29, 1.82) is 0 Å². The van der Waals surface area contributed by atoms with E-state index in [0.29, 0.717) is 0 Å². The fourth-order valence-corrected chi connectivity index (χ4v) is 1.70. The zero-order chi connectivity index (χ0) is 15.3. The number of hydrogen-bond acceptors (Lipinski definition) is 5. The molecule has 0 aliphatic carbocycles. The van der Waals surface area contributed by atoms with Gasteiger partial charge in [0.25, 0.3) is 0 Å². The van der Waals surface area contributed by atoms with E-state index in [2.05, 4.69) is 10.3 Å². The number of carbonyl (C=O) groups excluding carboxylic acids is 2. The average Bonchev–Trinajstić information content (AvgIpc) is 2.81. The van der Waals surface area contributed by atoms with Crippen molar-refractivity contribution in [2.75, 3.05) is 6.54 Å². The van der Waals surface area contributed by atoms with Crippen LogP contribution in [0.2, 0.25) is 0 Å². The molecule has 1 aromatic rings. The van der Waals surface area contributed by atoms with E-state index < -0.39 is 30.5 Å². The predicted octanol–water partition coefficient (Wildman–Crippen LogP) is 0.136. The Bertz CT molecular complexity index is 529. The molecule has 0 fully saturated rings. The number of halogens is 3. The van der Waals surface area contributed by atoms with Gasteiger partial charge in [0.1, 0.15) is 5.01 Å². The summed E-state index contributed by atoms with van der Waals surface area (Å²) in [4.78, 5) is 35.8. The van der Waals surface area contributed by atoms with E-state index in [1.165, 1.54) is 10.7 Å². The monoisotopic (exact) mass is 311 g/mol. The molecule has 20 heavy (non-hydrogen) atoms. The van der Waals surface area contributed by atoms with Crippen LogP contribution in [-0.2, 0) is 16.1 Å². The summed E-state index contributed by atoms with van der Waals surface area (Å²) < 4.78 is 35.5. The number of carbonyl (C=O) groups is 3. The molecule has 0 atom stereocenters. The minimum absolute atomic E-state index is 0.140. The van der Waals surface area contributed by atoms with Crippen molar-refractivity contribution >= 4 is 29.1 Å². The molecule has 2 amide bonds. The number of aromatic carboxylic acids is 1. The molecule has 1 aromatic heterocycles. The quantitative estimate of drug-likeness (QED) is 0.716. The Labute approximate surface area is 113 Å². The van der Waals surface area contributed by atoms with Crippen LogP contribution in [0.3, 0.4) is 0 Å². The summed E-state index contributed by atoms with van der Waals surface area (Å²) >= 11 is 0.974. The first-order valence-electron chi connectivity index (χ1n) is 4.99. The summed E-state index contributed by atoms with van der Waals surface area (Å²) in [6.07, 6.45) is -5.05. The normalized spacial score (nSPS) is 10.9. The Morgan fingerprint density at radius 1 is 1.30 bits per heavy atom. The largest absolute Gasteiger partial charge is 0.476 e. The maximum absolute atomic E-state index is 11.8. The number of nitrogens with one attached hydrogen (secondary N) is 2. The zero-order valence-electron chi connectivity index (χ0n) is 9.65. The Morgan fingerprint density at radius 3 is 2.45 bits per heavy atom. The third-order valence-corrected chi connectivity index (χ3v) is 2.72. The maximum Gasteiger partial charge on any atom is 0.471 e. The number of alkyl halides is 3. The fourth-order valence-electron chi connectivity index (χ4n) is 0.988. The number of amides is 2. The van der Waals surface area contributed by atoms with Crippen molar-refractivity contribution in [3.63, 3.8) is 0 Å². The van der Waals surface area contributed by atoms with E-state index in [4.69, 9.17) is 5.11 Å². The van der Waals surface area contributed by atoms with Gasteiger partial charge in [-0.05, 0) is 0 Å². The van der Waals surface area contributed by atoms with Crippen molar-refractivity contribution in [3.8, 4) is 0 Å². The van der Waals surface area contributed by atoms with Gasteiger partial charge in [0.05, 0.1) is 13.1 Å². The number of rotatable bonds is 5. The van der Waals surface area contributed by atoms with Gasteiger partial charge in [0.15, 0.2) is 5.69 Å². The van der Waals surface area contributed by atoms with Gasteiger partial charge in [-0.3, -0.25) is 9.59 Å². The second-order valence-corrected chi connectivity index (χ2v) is 4.33. The van der Waals surface area contributed by atoms with Crippen molar-refractivity contribution < 1.29 is 32.7 Å². The second kappa shape index (κ2) is 6.32. The Kier molecular flexibility index (Phi) is 5.02. The van der Waals surface area contributed by atoms with Crippen LogP contribution in [0.1, 0.15) is 15.5 Å². The molecule has 0 unspecified atom stereocenters. The lowest BCUT2D eigenvalue weighted by atomic mass is 10.5. The molecule has 0 aliphatic rings. The Morgan fingerprint density at radius 2 is 1.95 bits per heavy atom. The lowest BCUT2D eigenvalue weighted by Gasteiger charge is -2.07. The molecule has 0 spiro atoms. The van der Waals surface area contributed by atoms with Crippen LogP contribution in [0, 0.1) is 0 Å². The highest BCUT2D eigenvalue weighted by molar-refractivity contribution is 7.09. The molecule has 0 radical (unpaired) electrons. The number of thiazole rings is 1. The summed E-state index contributed by atoms with van der Waals surface area (Å²) in [5.74, 6) is -4.29. The standard InChI is InChI=1S/C9H8F3N3O4S/c10-9(11,12)8(19)14-1-5(16)13-2-6-15-4(3-20-6)7(17)18/h3H,1-2H2,(H,13,16)(H,14,19)(H,17,18). The SMILES string of the molecule is O=C(CNC(=O)C(F)(F)F)NCc1nc(C(=O)O)cs1. The molecule has 1 rings (SSSR count). The van der Waals surface area contributed by atoms with Crippen LogP contribution in [0.5, 0.6) is 0 Å². The molecule has 110 valence electrons. The zero-order valence-corrected chi connectivity index (χ0v) is 10.5. The number of carboxylic acid groups (broad SMARTS) is 1. The van der Waals surface area contributed by atoms with Crippen molar-refractivity contribution in [1.82, 2.24) is 15.6 Å². The van der Waals surface area contributed by atoms with Gasteiger partial charge >= 0.3 is 18.1 Å². The van der Waals surface area contributed by atoms with Crippen LogP contribution in [0.15, 0.2) is 5.38 Å². The van der Waals surface area contributed by atoms with Crippen LogP contribution in [-0.4, -0.2) is 40.6 Å². The molecule has 7 nitrogen and oxygen atoms in total. The summed E-state index contributed by atoms with van der Waals surface area (Å²) in [6, 6.07) is 0. The first-order chi connectivity index (χ1) is 9.20. The molecule has 11 heteroatoms. The van der Waals surface area contributed by atoms with Gasteiger partial charge in [0, 0.05) is 5.38 Å². The number of hydrogen-bond donors (Lipinski definition) is 3. The third-order valence-electron chi connectivity index (χ3n) is 1.87. The molecular weight excluding hydrogens is 303 g/mol. The molecule has 1 heterocycles. The average molecular weight is 311 g/mol. The van der Waals surface area contributed by atoms with E-state index in [0.717, 1.165) is 11.3 Å². The molecule has 0 bridgehead atoms. The smallest absolute Gasteiger partial charge is 0.471 e. The van der Waals surface area contributed by atoms with E-state index in [9.17, 15) is 27.6 Å². The maximum atomic E-state index is 11.8. The molecule has 3 N–H and O–H groups in total. The van der Waals surface area contributed by atoms with Gasteiger partial charge in [0.2, 0.25) is 5.91 Å². The molecular formula is C9H8F3N3O4S. The van der Waals surface area contributed by atoms with Gasteiger partial charge in [-0.2, -0.15) is 13.2 Å². The highest BCUT2D eigenvalue weighted by Gasteiger charge is 2.38. The Hall–Kier alpha value is -2.17. The van der Waals surface area contributed by atoms with Gasteiger partial charge in [-0.25, -0.2) is 9.78 Å². The van der Waals surface area contributed by atoms with E-state index >= 15 is 0 Å². The van der Waals surface area contributed by atoms with Crippen LogP contribution >= 0.6 is 11.3 Å². The predicted molar refractivity (Wildman–Crippen MR) is 60.0 cm³/mol. The fraction of sp³-hybridized carbons (Fsp3) is 0.333. The van der Waals surface area contributed by atoms with Crippen molar-refractivity contribution in [3.05, 3.63) is 16.1 Å². The summed E-state index contributed by atoms with van der Waals surface area (Å²) in [6.45, 7) is -0.978. The van der Waals surface area contributed by atoms with E-state index in [-0.39, 0.29) is 17.2 Å². The summed E-state index contributed by atoms with van der Waals surface area (Å²) in [7, 11) is 0. The lowest BCUT2D eigenvalue weighted by molar-refractivity contribution is -0.173. The van der Waals surface area contributed by atoms with E-state index in [1.807, 2.05) is 0 Å². The first-order valence-corrected chi connectivity index (χ1v) is 5.87. The number of nitrogens with zero attached hydrogens (tertiary/aromatic N) is 1. The minimum atomic E-state index is -5.05. The lowest BCUT2D eigenvalue weighted by Crippen LogP contribution is -2.42. The molecule has 0 aliphatic heterocycles. The topological polar surface area (TPSA) is 108 Å². The Balaban J connectivity index is 2.36. The highest BCUT2D eigenvalue weighted by atomic mass is 32.1. The van der Waals surface area contributed by atoms with Crippen LogP contribution in [0.4, 0.5) is 13.2 Å². The van der Waals surface area contributed by atoms with Crippen molar-refractivity contribution in [2.24, 2.45) is 0 Å². The van der Waals surface area contributed by atoms with Gasteiger partial charge in [-0.15, -0.1) is 11.3 Å². The first kappa shape index (κ1) is 15.9. The van der Waals surface area contributed by atoms with Crippen LogP contribution < -0.4 is 10.6 Å². The molecule has 0 saturated carbocycles. The van der Waals surface area contributed by atoms with Gasteiger partial charge < -0.3 is 15.7 Å². The third kappa shape index (κ3) is 4.84.